The molecule has 5 aromatic rings. The van der Waals surface area contributed by atoms with E-state index in [1.54, 1.807) is 0 Å². The van der Waals surface area contributed by atoms with E-state index < -0.39 is 5.41 Å². The number of benzene rings is 3. The van der Waals surface area contributed by atoms with Crippen molar-refractivity contribution in [2.24, 2.45) is 5.41 Å². The Hall–Kier alpha value is -3.83. The van der Waals surface area contributed by atoms with Crippen LogP contribution in [0.4, 0.5) is 0 Å². The van der Waals surface area contributed by atoms with E-state index >= 15 is 0 Å². The minimum atomic E-state index is -0.706. The monoisotopic (exact) mass is 568 g/mol. The number of methoxy groups -OCH3 is 1. The number of carbonyl (C=O) groups excluding carboxylic acids is 1. The van der Waals surface area contributed by atoms with Crippen LogP contribution in [0, 0.1) is 5.41 Å². The Morgan fingerprint density at radius 1 is 0.927 bits per heavy atom. The average Bonchev–Trinajstić information content (AvgIpc) is 3.24. The molecule has 0 spiro atoms. The Kier molecular flexibility index (Phi) is 7.85. The molecule has 2 aromatic heterocycles. The van der Waals surface area contributed by atoms with Gasteiger partial charge in [-0.2, -0.15) is 0 Å². The topological polar surface area (TPSA) is 53.4 Å². The number of para-hydroxylation sites is 1. The van der Waals surface area contributed by atoms with Gasteiger partial charge in [0.1, 0.15) is 12.4 Å². The minimum Gasteiger partial charge on any atom is -0.487 e. The first-order chi connectivity index (χ1) is 19.5. The van der Waals surface area contributed by atoms with E-state index in [0.29, 0.717) is 24.6 Å². The van der Waals surface area contributed by atoms with E-state index in [1.807, 2.05) is 68.4 Å². The second-order valence-corrected chi connectivity index (χ2v) is 12.7. The molecule has 5 nitrogen and oxygen atoms in total. The van der Waals surface area contributed by atoms with Crippen molar-refractivity contribution in [1.29, 1.82) is 0 Å². The zero-order valence-corrected chi connectivity index (χ0v) is 25.4. The molecule has 2 heterocycles. The molecule has 6 heteroatoms. The van der Waals surface area contributed by atoms with Gasteiger partial charge in [0, 0.05) is 40.0 Å². The van der Waals surface area contributed by atoms with Gasteiger partial charge in [0.25, 0.3) is 0 Å². The molecule has 0 aliphatic carbocycles. The fraction of sp³-hybridized carbons (Fsp3) is 0.314. The fourth-order valence-electron chi connectivity index (χ4n) is 5.56. The maximum absolute atomic E-state index is 12.8. The molecule has 0 amide bonds. The molecule has 0 saturated heterocycles. The predicted molar refractivity (Wildman–Crippen MR) is 167 cm³/mol. The summed E-state index contributed by atoms with van der Waals surface area (Å²) < 4.78 is 13.8. The van der Waals surface area contributed by atoms with Gasteiger partial charge in [0.2, 0.25) is 0 Å². The Morgan fingerprint density at radius 3 is 2.37 bits per heavy atom. The van der Waals surface area contributed by atoms with Gasteiger partial charge < -0.3 is 14.0 Å². The summed E-state index contributed by atoms with van der Waals surface area (Å²) in [4.78, 5) is 17.6. The van der Waals surface area contributed by atoms with Crippen molar-refractivity contribution in [3.63, 3.8) is 0 Å². The first-order valence-corrected chi connectivity index (χ1v) is 14.3. The average molecular weight is 569 g/mol. The number of fused-ring (bicyclic) bond motifs is 2. The smallest absolute Gasteiger partial charge is 0.311 e. The molecule has 5 rings (SSSR count). The number of esters is 1. The predicted octanol–water partition coefficient (Wildman–Crippen LogP) is 8.51. The Morgan fingerprint density at radius 2 is 1.66 bits per heavy atom. The molecule has 212 valence electrons. The number of rotatable bonds is 8. The van der Waals surface area contributed by atoms with E-state index in [4.69, 9.17) is 26.1 Å². The molecule has 0 saturated carbocycles. The van der Waals surface area contributed by atoms with Crippen molar-refractivity contribution in [3.05, 3.63) is 106 Å². The summed E-state index contributed by atoms with van der Waals surface area (Å²) in [6.07, 6.45) is 0.533. The number of nitrogens with zero attached hydrogens (tertiary/aromatic N) is 2. The summed E-state index contributed by atoms with van der Waals surface area (Å²) in [7, 11) is 1.45. The van der Waals surface area contributed by atoms with Crippen molar-refractivity contribution in [2.75, 3.05) is 7.11 Å². The lowest BCUT2D eigenvalue weighted by atomic mass is 9.80. The molecule has 0 radical (unpaired) electrons. The number of hydrogen-bond acceptors (Lipinski definition) is 4. The highest BCUT2D eigenvalue weighted by Gasteiger charge is 2.35. The summed E-state index contributed by atoms with van der Waals surface area (Å²) in [6, 6.07) is 26.4. The molecule has 0 aliphatic rings. The van der Waals surface area contributed by atoms with Crippen LogP contribution in [0.5, 0.6) is 5.75 Å². The maximum atomic E-state index is 12.8. The maximum Gasteiger partial charge on any atom is 0.311 e. The quantitative estimate of drug-likeness (QED) is 0.176. The Balaban J connectivity index is 1.59. The lowest BCUT2D eigenvalue weighted by molar-refractivity contribution is -0.150. The molecule has 0 aliphatic heterocycles. The zero-order chi connectivity index (χ0) is 29.4. The van der Waals surface area contributed by atoms with Crippen molar-refractivity contribution in [3.8, 4) is 5.75 Å². The molecule has 0 fully saturated rings. The fourth-order valence-corrected chi connectivity index (χ4v) is 5.69. The van der Waals surface area contributed by atoms with Gasteiger partial charge >= 0.3 is 5.97 Å². The second kappa shape index (κ2) is 11.2. The molecule has 0 unspecified atom stereocenters. The standard InChI is InChI=1S/C35H37ClN2O3/c1-34(2,3)32-28-19-27(41-22-26-16-13-24-9-7-8-10-29(24)37-26)17-18-30(28)38(21-23-11-14-25(36)15-12-23)31(32)20-35(4,5)33(39)40-6/h7-19H,20-22H2,1-6H3. The van der Waals surface area contributed by atoms with E-state index in [0.717, 1.165) is 44.5 Å². The van der Waals surface area contributed by atoms with Crippen molar-refractivity contribution in [2.45, 2.75) is 59.6 Å². The van der Waals surface area contributed by atoms with Gasteiger partial charge in [-0.25, -0.2) is 4.98 Å². The molecular weight excluding hydrogens is 532 g/mol. The van der Waals surface area contributed by atoms with Crippen LogP contribution in [-0.4, -0.2) is 22.6 Å². The number of halogens is 1. The Labute approximate surface area is 247 Å². The number of hydrogen-bond donors (Lipinski definition) is 0. The third kappa shape index (κ3) is 6.11. The third-order valence-electron chi connectivity index (χ3n) is 7.54. The van der Waals surface area contributed by atoms with Gasteiger partial charge in [-0.05, 0) is 72.9 Å². The van der Waals surface area contributed by atoms with Crippen LogP contribution in [0.15, 0.2) is 78.9 Å². The van der Waals surface area contributed by atoms with Gasteiger partial charge in [-0.1, -0.05) is 68.8 Å². The summed E-state index contributed by atoms with van der Waals surface area (Å²) in [5.74, 6) is 0.549. The first-order valence-electron chi connectivity index (χ1n) is 13.9. The number of carbonyl (C=O) groups is 1. The third-order valence-corrected chi connectivity index (χ3v) is 7.79. The van der Waals surface area contributed by atoms with Gasteiger partial charge in [0.15, 0.2) is 0 Å². The van der Waals surface area contributed by atoms with Crippen molar-refractivity contribution >= 4 is 39.4 Å². The van der Waals surface area contributed by atoms with Crippen LogP contribution in [0.1, 0.15) is 57.1 Å². The second-order valence-electron chi connectivity index (χ2n) is 12.3. The number of aromatic nitrogens is 2. The van der Waals surface area contributed by atoms with Gasteiger partial charge in [-0.3, -0.25) is 4.79 Å². The van der Waals surface area contributed by atoms with E-state index in [9.17, 15) is 4.79 Å². The van der Waals surface area contributed by atoms with Gasteiger partial charge in [0.05, 0.1) is 23.7 Å². The zero-order valence-electron chi connectivity index (χ0n) is 24.6. The summed E-state index contributed by atoms with van der Waals surface area (Å²) in [6.45, 7) is 11.6. The van der Waals surface area contributed by atoms with Crippen LogP contribution in [-0.2, 0) is 34.5 Å². The molecule has 0 bridgehead atoms. The van der Waals surface area contributed by atoms with Crippen molar-refractivity contribution in [1.82, 2.24) is 9.55 Å². The van der Waals surface area contributed by atoms with Crippen molar-refractivity contribution < 1.29 is 14.3 Å². The van der Waals surface area contributed by atoms with Crippen LogP contribution in [0.2, 0.25) is 5.02 Å². The highest BCUT2D eigenvalue weighted by molar-refractivity contribution is 6.30. The molecule has 41 heavy (non-hydrogen) atoms. The minimum absolute atomic E-state index is 0.191. The molecular formula is C35H37ClN2O3. The van der Waals surface area contributed by atoms with Gasteiger partial charge in [-0.15, -0.1) is 0 Å². The van der Waals surface area contributed by atoms with E-state index in [2.05, 4.69) is 49.6 Å². The lowest BCUT2D eigenvalue weighted by Crippen LogP contribution is -2.30. The molecule has 0 N–H and O–H groups in total. The largest absolute Gasteiger partial charge is 0.487 e. The van der Waals surface area contributed by atoms with E-state index in [-0.39, 0.29) is 11.4 Å². The summed E-state index contributed by atoms with van der Waals surface area (Å²) in [5, 5.41) is 2.93. The summed E-state index contributed by atoms with van der Waals surface area (Å²) in [5.41, 5.74) is 5.48. The highest BCUT2D eigenvalue weighted by atomic mass is 35.5. The SMILES string of the molecule is COC(=O)C(C)(C)Cc1c(C(C)(C)C)c2cc(OCc3ccc4ccccc4n3)ccc2n1Cc1ccc(Cl)cc1. The highest BCUT2D eigenvalue weighted by Crippen LogP contribution is 2.41. The van der Waals surface area contributed by atoms with Crippen LogP contribution < -0.4 is 4.74 Å². The molecule has 0 atom stereocenters. The summed E-state index contributed by atoms with van der Waals surface area (Å²) >= 11 is 6.19. The van der Waals surface area contributed by atoms with Crippen LogP contribution >= 0.6 is 11.6 Å². The molecule has 3 aromatic carbocycles. The number of pyridine rings is 1. The first kappa shape index (κ1) is 28.7. The number of ether oxygens (including phenoxy) is 2. The van der Waals surface area contributed by atoms with Crippen LogP contribution in [0.3, 0.4) is 0 Å². The normalized spacial score (nSPS) is 12.2. The lowest BCUT2D eigenvalue weighted by Gasteiger charge is -2.27. The van der Waals surface area contributed by atoms with Crippen LogP contribution in [0.25, 0.3) is 21.8 Å². The Bertz CT molecular complexity index is 1710. The van der Waals surface area contributed by atoms with E-state index in [1.165, 1.54) is 12.7 Å².